The molecule has 3 amide bonds. The summed E-state index contributed by atoms with van der Waals surface area (Å²) in [5, 5.41) is 8.32. The van der Waals surface area contributed by atoms with Gasteiger partial charge in [-0.05, 0) is 63.1 Å². The van der Waals surface area contributed by atoms with Gasteiger partial charge in [-0.3, -0.25) is 4.79 Å². The average molecular weight is 547 g/mol. The quantitative estimate of drug-likeness (QED) is 0.313. The van der Waals surface area contributed by atoms with Crippen LogP contribution in [0.25, 0.3) is 5.70 Å². The molecular weight excluding hydrogens is 505 g/mol. The van der Waals surface area contributed by atoms with Gasteiger partial charge in [0.2, 0.25) is 0 Å². The molecule has 203 valence electrons. The predicted octanol–water partition coefficient (Wildman–Crippen LogP) is 6.13. The molecule has 0 saturated heterocycles. The molecule has 2 aromatic carbocycles. The van der Waals surface area contributed by atoms with Crippen molar-refractivity contribution in [2.75, 3.05) is 37.9 Å². The van der Waals surface area contributed by atoms with Crippen LogP contribution in [0, 0.1) is 20.2 Å². The Hall–Kier alpha value is -3.04. The molecular formula is C26H41F2N4O3V-. The van der Waals surface area contributed by atoms with Gasteiger partial charge in [-0.15, -0.1) is 0 Å². The van der Waals surface area contributed by atoms with E-state index < -0.39 is 17.5 Å². The van der Waals surface area contributed by atoms with E-state index in [4.69, 9.17) is 4.74 Å². The first-order valence-corrected chi connectivity index (χ1v) is 10.8. The van der Waals surface area contributed by atoms with Gasteiger partial charge in [0, 0.05) is 72.2 Å². The van der Waals surface area contributed by atoms with E-state index in [1.54, 1.807) is 51.4 Å². The van der Waals surface area contributed by atoms with Gasteiger partial charge in [-0.2, -0.15) is 0 Å². The second kappa shape index (κ2) is 14.5. The third-order valence-electron chi connectivity index (χ3n) is 4.87. The molecule has 0 bridgehead atoms. The number of anilines is 2. The number of carbonyl (C=O) groups excluding carboxylic acids is 2. The Morgan fingerprint density at radius 3 is 2.17 bits per heavy atom. The number of alkyl halides is 1. The Bertz CT molecular complexity index is 1030. The molecule has 0 saturated carbocycles. The van der Waals surface area contributed by atoms with Crippen molar-refractivity contribution in [2.45, 2.75) is 32.9 Å². The molecule has 0 atom stereocenters. The molecule has 0 heterocycles. The molecule has 1 radical (unpaired) electrons. The zero-order valence-electron chi connectivity index (χ0n) is 21.7. The van der Waals surface area contributed by atoms with Crippen LogP contribution in [-0.2, 0) is 23.4 Å². The van der Waals surface area contributed by atoms with Crippen LogP contribution in [-0.4, -0.2) is 49.8 Å². The zero-order valence-corrected chi connectivity index (χ0v) is 23.1. The van der Waals surface area contributed by atoms with Crippen LogP contribution < -0.4 is 20.7 Å². The van der Waals surface area contributed by atoms with Crippen molar-refractivity contribution in [1.29, 1.82) is 0 Å². The number of ether oxygens (including phenoxy) is 1. The second-order valence-corrected chi connectivity index (χ2v) is 8.70. The molecule has 10 heteroatoms. The first kappa shape index (κ1) is 33.0. The minimum Gasteiger partial charge on any atom is -0.484 e. The van der Waals surface area contributed by atoms with Crippen molar-refractivity contribution in [1.82, 2.24) is 10.2 Å². The largest absolute Gasteiger partial charge is 0.484 e. The molecule has 0 aliphatic rings. The van der Waals surface area contributed by atoms with Crippen molar-refractivity contribution in [2.24, 2.45) is 0 Å². The van der Waals surface area contributed by atoms with E-state index in [2.05, 4.69) is 22.5 Å². The summed E-state index contributed by atoms with van der Waals surface area (Å²) in [5.41, 5.74) is 1.08. The Kier molecular flexibility index (Phi) is 13.3. The summed E-state index contributed by atoms with van der Waals surface area (Å²) in [6, 6.07) is 9.21. The van der Waals surface area contributed by atoms with E-state index >= 15 is 0 Å². The van der Waals surface area contributed by atoms with Crippen LogP contribution in [0.1, 0.15) is 35.7 Å². The van der Waals surface area contributed by atoms with Crippen molar-refractivity contribution >= 4 is 29.0 Å². The number of benzene rings is 2. The maximum atomic E-state index is 14.8. The molecule has 0 unspecified atom stereocenters. The molecule has 36 heavy (non-hydrogen) atoms. The number of halogens is 2. The molecule has 7 nitrogen and oxygen atoms in total. The van der Waals surface area contributed by atoms with Gasteiger partial charge in [0.1, 0.15) is 17.2 Å². The van der Waals surface area contributed by atoms with Crippen LogP contribution in [0.3, 0.4) is 0 Å². The van der Waals surface area contributed by atoms with Gasteiger partial charge in [0.05, 0.1) is 0 Å². The Morgan fingerprint density at radius 2 is 1.67 bits per heavy atom. The van der Waals surface area contributed by atoms with E-state index in [9.17, 15) is 18.4 Å². The average Bonchev–Trinajstić information content (AvgIpc) is 2.71. The zero-order chi connectivity index (χ0) is 25.5. The summed E-state index contributed by atoms with van der Waals surface area (Å²) < 4.78 is 33.6. The Labute approximate surface area is 229 Å². The Morgan fingerprint density at radius 1 is 1.11 bits per heavy atom. The Balaban J connectivity index is -0.00000122. The molecule has 0 fully saturated rings. The van der Waals surface area contributed by atoms with Crippen LogP contribution in [0.4, 0.5) is 25.0 Å². The fraction of sp³-hybridized carbons (Fsp3) is 0.346. The van der Waals surface area contributed by atoms with Crippen LogP contribution in [0.2, 0.25) is 0 Å². The fourth-order valence-electron chi connectivity index (χ4n) is 2.97. The number of nitrogens with zero attached hydrogens (tertiary/aromatic N) is 1. The molecule has 3 N–H and O–H groups in total. The summed E-state index contributed by atoms with van der Waals surface area (Å²) in [6.45, 7) is 8.60. The number of aryl methyl sites for hydroxylation is 1. The van der Waals surface area contributed by atoms with Gasteiger partial charge in [-0.1, -0.05) is 6.58 Å². The number of nitrogens with one attached hydrogen (secondary N) is 3. The maximum absolute atomic E-state index is 14.8. The van der Waals surface area contributed by atoms with Crippen LogP contribution in [0.5, 0.6) is 5.75 Å². The summed E-state index contributed by atoms with van der Waals surface area (Å²) in [4.78, 5) is 25.0. The molecule has 0 spiro atoms. The van der Waals surface area contributed by atoms with Crippen molar-refractivity contribution in [3.8, 4) is 5.75 Å². The van der Waals surface area contributed by atoms with E-state index in [1.165, 1.54) is 24.8 Å². The van der Waals surface area contributed by atoms with Crippen molar-refractivity contribution in [3.05, 3.63) is 67.3 Å². The molecule has 0 aliphatic heterocycles. The van der Waals surface area contributed by atoms with Crippen LogP contribution >= 0.6 is 0 Å². The third-order valence-corrected chi connectivity index (χ3v) is 4.87. The summed E-state index contributed by atoms with van der Waals surface area (Å²) in [5.74, 6) is -0.505. The first-order chi connectivity index (χ1) is 15.9. The maximum Gasteiger partial charge on any atom is 0.319 e. The normalized spacial score (nSPS) is 10.3. The number of carbonyl (C=O) groups is 2. The predicted molar refractivity (Wildman–Crippen MR) is 144 cm³/mol. The standard InChI is InChI=1S/C25H32F2N4O3.CH3.V.3H2/c1-16-13-20(34-15-22(32)31(5)6)14-21(26)23(16)17(2)29-18-7-9-19(10-8-18)30-24(33)28-12-11-25(3,4)27;;;;;/h7-10,13-14,29H,2,11-12,15H2,1,3-6H3,(H2,28,30,33);1H3;;3*1H/q;-1;;;;. The van der Waals surface area contributed by atoms with Gasteiger partial charge >= 0.3 is 6.03 Å². The van der Waals surface area contributed by atoms with Crippen molar-refractivity contribution < 1.29 is 45.9 Å². The summed E-state index contributed by atoms with van der Waals surface area (Å²) in [7, 11) is 3.23. The number of rotatable bonds is 10. The second-order valence-electron chi connectivity index (χ2n) is 8.70. The topological polar surface area (TPSA) is 82.7 Å². The molecule has 2 rings (SSSR count). The van der Waals surface area contributed by atoms with Crippen LogP contribution in [0.15, 0.2) is 43.0 Å². The van der Waals surface area contributed by atoms with E-state index in [-0.39, 0.29) is 61.5 Å². The van der Waals surface area contributed by atoms with Gasteiger partial charge < -0.3 is 33.0 Å². The summed E-state index contributed by atoms with van der Waals surface area (Å²) >= 11 is 0. The van der Waals surface area contributed by atoms with Gasteiger partial charge in [0.15, 0.2) is 6.61 Å². The number of hydrogen-bond donors (Lipinski definition) is 3. The van der Waals surface area contributed by atoms with Gasteiger partial charge in [-0.25, -0.2) is 13.6 Å². The minimum atomic E-state index is -1.35. The minimum absolute atomic E-state index is 0. The molecule has 2 aromatic rings. The monoisotopic (exact) mass is 546 g/mol. The molecule has 0 aliphatic carbocycles. The van der Waals surface area contributed by atoms with E-state index in [1.807, 2.05) is 0 Å². The van der Waals surface area contributed by atoms with Crippen molar-refractivity contribution in [3.63, 3.8) is 0 Å². The van der Waals surface area contributed by atoms with Gasteiger partial charge in [0.25, 0.3) is 5.91 Å². The SMILES string of the molecule is C=C(Nc1ccc(NC(=O)NCCC(C)(C)F)cc1)c1c(C)cc(OCC(=O)N(C)C)cc1F.[CH3-].[HH].[HH].[HH].[V]. The summed E-state index contributed by atoms with van der Waals surface area (Å²) in [6.07, 6.45) is 0.211. The number of urea groups is 1. The molecule has 0 aromatic heterocycles. The fourth-order valence-corrected chi connectivity index (χ4v) is 2.97. The van der Waals surface area contributed by atoms with E-state index in [0.29, 0.717) is 28.2 Å². The number of likely N-dealkylation sites (N-methyl/N-ethyl adjacent to an activating group) is 1. The number of amides is 3. The first-order valence-electron chi connectivity index (χ1n) is 10.8. The number of hydrogen-bond acceptors (Lipinski definition) is 4. The third kappa shape index (κ3) is 10.7. The van der Waals surface area contributed by atoms with E-state index in [0.717, 1.165) is 0 Å². The smallest absolute Gasteiger partial charge is 0.319 e.